The highest BCUT2D eigenvalue weighted by Crippen LogP contribution is 2.13. The first-order valence-electron chi connectivity index (χ1n) is 5.10. The van der Waals surface area contributed by atoms with E-state index < -0.39 is 0 Å². The number of hydrogen-bond acceptors (Lipinski definition) is 4. The van der Waals surface area contributed by atoms with Gasteiger partial charge in [-0.15, -0.1) is 22.7 Å². The lowest BCUT2D eigenvalue weighted by Gasteiger charge is -1.94. The molecule has 0 radical (unpaired) electrons. The molecule has 2 heterocycles. The van der Waals surface area contributed by atoms with Gasteiger partial charge in [-0.3, -0.25) is 4.79 Å². The van der Waals surface area contributed by atoms with Crippen molar-refractivity contribution in [3.63, 3.8) is 0 Å². The van der Waals surface area contributed by atoms with Gasteiger partial charge in [0, 0.05) is 20.0 Å². The minimum atomic E-state index is -0.168. The number of aryl methyl sites for hydroxylation is 2. The smallest absolute Gasteiger partial charge is 0.267 e. The third-order valence-corrected chi connectivity index (χ3v) is 3.91. The number of carbonyl (C=O) groups is 1. The number of amides is 1. The highest BCUT2D eigenvalue weighted by atomic mass is 32.1. The van der Waals surface area contributed by atoms with Crippen LogP contribution in [0.1, 0.15) is 25.0 Å². The average molecular weight is 264 g/mol. The molecule has 3 nitrogen and oxygen atoms in total. The Labute approximate surface area is 108 Å². The molecule has 88 valence electrons. The van der Waals surface area contributed by atoms with Crippen LogP contribution in [-0.2, 0) is 0 Å². The number of hydrazone groups is 1. The van der Waals surface area contributed by atoms with E-state index in [0.717, 1.165) is 9.75 Å². The van der Waals surface area contributed by atoms with E-state index in [1.54, 1.807) is 28.9 Å². The Morgan fingerprint density at radius 3 is 2.76 bits per heavy atom. The average Bonchev–Trinajstić information content (AvgIpc) is 2.88. The lowest BCUT2D eigenvalue weighted by Crippen LogP contribution is -2.16. The second kappa shape index (κ2) is 5.25. The molecule has 0 atom stereocenters. The van der Waals surface area contributed by atoms with Gasteiger partial charge in [-0.25, -0.2) is 5.43 Å². The first-order valence-corrected chi connectivity index (χ1v) is 6.80. The van der Waals surface area contributed by atoms with E-state index in [1.165, 1.54) is 4.88 Å². The van der Waals surface area contributed by atoms with E-state index in [4.69, 9.17) is 0 Å². The zero-order valence-corrected chi connectivity index (χ0v) is 11.2. The third kappa shape index (κ3) is 3.25. The Morgan fingerprint density at radius 2 is 2.18 bits per heavy atom. The molecule has 0 saturated heterocycles. The molecular weight excluding hydrogens is 252 g/mol. The van der Waals surface area contributed by atoms with Gasteiger partial charge >= 0.3 is 0 Å². The maximum Gasteiger partial charge on any atom is 0.272 e. The van der Waals surface area contributed by atoms with E-state index in [2.05, 4.69) is 10.5 Å². The van der Waals surface area contributed by atoms with Gasteiger partial charge < -0.3 is 0 Å². The van der Waals surface area contributed by atoms with Crippen LogP contribution >= 0.6 is 22.7 Å². The number of rotatable bonds is 3. The molecule has 0 fully saturated rings. The van der Waals surface area contributed by atoms with Crippen LogP contribution in [0.5, 0.6) is 0 Å². The van der Waals surface area contributed by atoms with Gasteiger partial charge in [0.25, 0.3) is 5.91 Å². The van der Waals surface area contributed by atoms with Crippen LogP contribution in [0.25, 0.3) is 0 Å². The molecule has 0 saturated carbocycles. The summed E-state index contributed by atoms with van der Waals surface area (Å²) in [6, 6.07) is 5.85. The fraction of sp³-hybridized carbons (Fsp3) is 0.167. The van der Waals surface area contributed by atoms with Crippen molar-refractivity contribution in [2.75, 3.05) is 0 Å². The summed E-state index contributed by atoms with van der Waals surface area (Å²) in [4.78, 5) is 15.0. The molecule has 1 N–H and O–H groups in total. The molecule has 0 bridgehead atoms. The highest BCUT2D eigenvalue weighted by molar-refractivity contribution is 7.13. The van der Waals surface area contributed by atoms with Crippen LogP contribution in [0.4, 0.5) is 0 Å². The molecule has 0 aliphatic heterocycles. The zero-order chi connectivity index (χ0) is 12.3. The van der Waals surface area contributed by atoms with Crippen molar-refractivity contribution in [3.8, 4) is 0 Å². The summed E-state index contributed by atoms with van der Waals surface area (Å²) in [5.74, 6) is -0.168. The van der Waals surface area contributed by atoms with Gasteiger partial charge in [-0.05, 0) is 32.0 Å². The maximum absolute atomic E-state index is 11.6. The van der Waals surface area contributed by atoms with E-state index in [0.29, 0.717) is 5.56 Å². The zero-order valence-electron chi connectivity index (χ0n) is 9.56. The molecule has 2 aromatic rings. The Bertz CT molecular complexity index is 554. The summed E-state index contributed by atoms with van der Waals surface area (Å²) < 4.78 is 0. The highest BCUT2D eigenvalue weighted by Gasteiger charge is 2.05. The molecule has 2 rings (SSSR count). The molecular formula is C12H12N2OS2. The third-order valence-electron chi connectivity index (χ3n) is 2.11. The second-order valence-corrected chi connectivity index (χ2v) is 6.03. The summed E-state index contributed by atoms with van der Waals surface area (Å²) in [7, 11) is 0. The Morgan fingerprint density at radius 1 is 1.35 bits per heavy atom. The van der Waals surface area contributed by atoms with Crippen molar-refractivity contribution in [1.29, 1.82) is 0 Å². The molecule has 2 aromatic heterocycles. The minimum absolute atomic E-state index is 0.168. The molecule has 0 aliphatic rings. The van der Waals surface area contributed by atoms with Crippen molar-refractivity contribution in [2.24, 2.45) is 5.10 Å². The van der Waals surface area contributed by atoms with Crippen molar-refractivity contribution >= 4 is 34.8 Å². The van der Waals surface area contributed by atoms with Gasteiger partial charge in [0.1, 0.15) is 0 Å². The molecule has 0 aromatic carbocycles. The van der Waals surface area contributed by atoms with Gasteiger partial charge in [0.2, 0.25) is 0 Å². The van der Waals surface area contributed by atoms with Crippen LogP contribution in [0.15, 0.2) is 28.7 Å². The molecule has 5 heteroatoms. The van der Waals surface area contributed by atoms with E-state index in [-0.39, 0.29) is 5.91 Å². The Hall–Kier alpha value is -1.46. The Kier molecular flexibility index (Phi) is 3.71. The van der Waals surface area contributed by atoms with E-state index >= 15 is 0 Å². The molecule has 17 heavy (non-hydrogen) atoms. The van der Waals surface area contributed by atoms with Gasteiger partial charge in [-0.1, -0.05) is 0 Å². The van der Waals surface area contributed by atoms with Gasteiger partial charge in [0.15, 0.2) is 0 Å². The van der Waals surface area contributed by atoms with Crippen LogP contribution in [-0.4, -0.2) is 12.1 Å². The van der Waals surface area contributed by atoms with Crippen molar-refractivity contribution < 1.29 is 4.79 Å². The summed E-state index contributed by atoms with van der Waals surface area (Å²) in [5.41, 5.74) is 3.17. The monoisotopic (exact) mass is 264 g/mol. The summed E-state index contributed by atoms with van der Waals surface area (Å²) in [5, 5.41) is 5.76. The van der Waals surface area contributed by atoms with Crippen molar-refractivity contribution in [1.82, 2.24) is 5.43 Å². The normalized spacial score (nSPS) is 10.9. The number of nitrogens with zero attached hydrogens (tertiary/aromatic N) is 1. The van der Waals surface area contributed by atoms with Crippen LogP contribution in [0.2, 0.25) is 0 Å². The number of nitrogens with one attached hydrogen (secondary N) is 1. The number of thiophene rings is 2. The fourth-order valence-corrected chi connectivity index (χ4v) is 2.74. The summed E-state index contributed by atoms with van der Waals surface area (Å²) in [6.45, 7) is 4.01. The van der Waals surface area contributed by atoms with Gasteiger partial charge in [-0.2, -0.15) is 5.10 Å². The minimum Gasteiger partial charge on any atom is -0.267 e. The quantitative estimate of drug-likeness (QED) is 0.671. The summed E-state index contributed by atoms with van der Waals surface area (Å²) >= 11 is 3.20. The lowest BCUT2D eigenvalue weighted by atomic mass is 10.3. The lowest BCUT2D eigenvalue weighted by molar-refractivity contribution is 0.0955. The predicted molar refractivity (Wildman–Crippen MR) is 73.2 cm³/mol. The standard InChI is InChI=1S/C12H12N2OS2/c1-8-3-4-11(17-8)6-13-14-12(15)10-5-9(2)16-7-10/h3-7H,1-2H3,(H,14,15). The molecule has 0 aliphatic carbocycles. The Balaban J connectivity index is 1.94. The second-order valence-electron chi connectivity index (χ2n) is 3.59. The van der Waals surface area contributed by atoms with Gasteiger partial charge in [0.05, 0.1) is 11.8 Å². The van der Waals surface area contributed by atoms with E-state index in [9.17, 15) is 4.79 Å². The number of hydrogen-bond donors (Lipinski definition) is 1. The number of carbonyl (C=O) groups excluding carboxylic acids is 1. The molecule has 0 unspecified atom stereocenters. The topological polar surface area (TPSA) is 41.5 Å². The predicted octanol–water partition coefficient (Wildman–Crippen LogP) is 3.19. The van der Waals surface area contributed by atoms with Crippen molar-refractivity contribution in [2.45, 2.75) is 13.8 Å². The van der Waals surface area contributed by atoms with Crippen LogP contribution in [0.3, 0.4) is 0 Å². The largest absolute Gasteiger partial charge is 0.272 e. The fourth-order valence-electron chi connectivity index (χ4n) is 1.30. The van der Waals surface area contributed by atoms with E-state index in [1.807, 2.05) is 37.4 Å². The maximum atomic E-state index is 11.6. The first kappa shape index (κ1) is 12.0. The van der Waals surface area contributed by atoms with Crippen LogP contribution in [0, 0.1) is 13.8 Å². The first-order chi connectivity index (χ1) is 8.15. The van der Waals surface area contributed by atoms with Crippen LogP contribution < -0.4 is 5.43 Å². The SMILES string of the molecule is Cc1cc(C(=O)NN=Cc2ccc(C)s2)cs1. The van der Waals surface area contributed by atoms with Crippen molar-refractivity contribution in [3.05, 3.63) is 43.8 Å². The molecule has 1 amide bonds. The molecule has 0 spiro atoms. The summed E-state index contributed by atoms with van der Waals surface area (Å²) in [6.07, 6.45) is 1.66.